The number of nitriles is 1. The molecule has 1 aromatic carbocycles. The third-order valence-corrected chi connectivity index (χ3v) is 6.32. The third-order valence-electron chi connectivity index (χ3n) is 4.92. The van der Waals surface area contributed by atoms with Gasteiger partial charge in [0, 0.05) is 15.5 Å². The first-order valence-electron chi connectivity index (χ1n) is 8.41. The van der Waals surface area contributed by atoms with E-state index in [2.05, 4.69) is 32.2 Å². The predicted octanol–water partition coefficient (Wildman–Crippen LogP) is 5.68. The Labute approximate surface area is 157 Å². The standard InChI is InChI=1S/C20H21ClN2OS/c1-20(2,3)13-7-8-15-16(11-22)19(25-17(15)10-13)23-18(24)12-5-4-6-14(21)9-12/h4-6,9,13H,7-8,10H2,1-3H3,(H,23,24). The van der Waals surface area contributed by atoms with Crippen molar-refractivity contribution < 1.29 is 4.79 Å². The Bertz CT molecular complexity index is 858. The van der Waals surface area contributed by atoms with Gasteiger partial charge in [-0.2, -0.15) is 5.26 Å². The molecule has 1 unspecified atom stereocenters. The van der Waals surface area contributed by atoms with Gasteiger partial charge in [-0.3, -0.25) is 4.79 Å². The van der Waals surface area contributed by atoms with Crippen molar-refractivity contribution in [2.24, 2.45) is 11.3 Å². The maximum absolute atomic E-state index is 12.5. The van der Waals surface area contributed by atoms with Gasteiger partial charge in [0.05, 0.1) is 5.56 Å². The van der Waals surface area contributed by atoms with Gasteiger partial charge in [0.2, 0.25) is 0 Å². The molecule has 0 aliphatic heterocycles. The number of rotatable bonds is 2. The first kappa shape index (κ1) is 18.0. The Morgan fingerprint density at radius 3 is 2.80 bits per heavy atom. The van der Waals surface area contributed by atoms with Crippen molar-refractivity contribution >= 4 is 33.8 Å². The van der Waals surface area contributed by atoms with Crippen molar-refractivity contribution in [1.29, 1.82) is 5.26 Å². The molecule has 2 aromatic rings. The van der Waals surface area contributed by atoms with E-state index in [0.29, 0.717) is 27.1 Å². The highest BCUT2D eigenvalue weighted by molar-refractivity contribution is 7.16. The normalized spacial score (nSPS) is 16.8. The van der Waals surface area contributed by atoms with Crippen molar-refractivity contribution in [3.05, 3.63) is 50.9 Å². The SMILES string of the molecule is CC(C)(C)C1CCc2c(sc(NC(=O)c3cccc(Cl)c3)c2C#N)C1. The molecule has 0 radical (unpaired) electrons. The van der Waals surface area contributed by atoms with Crippen LogP contribution in [0.2, 0.25) is 5.02 Å². The number of carbonyl (C=O) groups is 1. The van der Waals surface area contributed by atoms with Gasteiger partial charge in [-0.15, -0.1) is 11.3 Å². The number of amides is 1. The van der Waals surface area contributed by atoms with Gasteiger partial charge >= 0.3 is 0 Å². The molecule has 1 aromatic heterocycles. The van der Waals surface area contributed by atoms with Crippen molar-refractivity contribution in [3.8, 4) is 6.07 Å². The third kappa shape index (κ3) is 3.73. The number of hydrogen-bond acceptors (Lipinski definition) is 3. The number of carbonyl (C=O) groups excluding carboxylic acids is 1. The summed E-state index contributed by atoms with van der Waals surface area (Å²) < 4.78 is 0. The lowest BCUT2D eigenvalue weighted by Gasteiger charge is -2.33. The highest BCUT2D eigenvalue weighted by Gasteiger charge is 2.32. The second-order valence-electron chi connectivity index (χ2n) is 7.59. The second-order valence-corrected chi connectivity index (χ2v) is 9.13. The van der Waals surface area contributed by atoms with Gasteiger partial charge in [-0.25, -0.2) is 0 Å². The Morgan fingerprint density at radius 2 is 2.16 bits per heavy atom. The molecule has 0 saturated carbocycles. The number of benzene rings is 1. The van der Waals surface area contributed by atoms with E-state index in [1.165, 1.54) is 4.88 Å². The molecule has 3 rings (SSSR count). The van der Waals surface area contributed by atoms with Crippen LogP contribution in [0.25, 0.3) is 0 Å². The van der Waals surface area contributed by atoms with E-state index in [1.54, 1.807) is 35.6 Å². The highest BCUT2D eigenvalue weighted by Crippen LogP contribution is 2.44. The van der Waals surface area contributed by atoms with Gasteiger partial charge in [-0.05, 0) is 54.4 Å². The quantitative estimate of drug-likeness (QED) is 0.737. The summed E-state index contributed by atoms with van der Waals surface area (Å²) in [4.78, 5) is 13.7. The van der Waals surface area contributed by atoms with Crippen molar-refractivity contribution in [2.45, 2.75) is 40.0 Å². The molecule has 5 heteroatoms. The molecule has 1 atom stereocenters. The van der Waals surface area contributed by atoms with Crippen LogP contribution in [-0.4, -0.2) is 5.91 Å². The minimum atomic E-state index is -0.232. The van der Waals surface area contributed by atoms with E-state index in [1.807, 2.05) is 0 Å². The number of fused-ring (bicyclic) bond motifs is 1. The zero-order valence-corrected chi connectivity index (χ0v) is 16.2. The number of halogens is 1. The van der Waals surface area contributed by atoms with Crippen LogP contribution in [0.15, 0.2) is 24.3 Å². The minimum absolute atomic E-state index is 0.232. The zero-order chi connectivity index (χ0) is 18.2. The van der Waals surface area contributed by atoms with Crippen LogP contribution < -0.4 is 5.32 Å². The lowest BCUT2D eigenvalue weighted by molar-refractivity contribution is 0.102. The molecule has 0 spiro atoms. The summed E-state index contributed by atoms with van der Waals surface area (Å²) in [6.07, 6.45) is 2.97. The fourth-order valence-corrected chi connectivity index (χ4v) is 4.80. The van der Waals surface area contributed by atoms with Crippen LogP contribution in [0.4, 0.5) is 5.00 Å². The van der Waals surface area contributed by atoms with E-state index >= 15 is 0 Å². The van der Waals surface area contributed by atoms with Crippen LogP contribution in [0.5, 0.6) is 0 Å². The number of thiophene rings is 1. The first-order valence-corrected chi connectivity index (χ1v) is 9.60. The number of nitrogens with zero attached hydrogens (tertiary/aromatic N) is 1. The Balaban J connectivity index is 1.88. The first-order chi connectivity index (χ1) is 11.8. The summed E-state index contributed by atoms with van der Waals surface area (Å²) in [5, 5.41) is 13.7. The van der Waals surface area contributed by atoms with E-state index in [0.717, 1.165) is 24.8 Å². The van der Waals surface area contributed by atoms with Crippen molar-refractivity contribution in [1.82, 2.24) is 0 Å². The fraction of sp³-hybridized carbons (Fsp3) is 0.400. The summed E-state index contributed by atoms with van der Waals surface area (Å²) in [6.45, 7) is 6.80. The second kappa shape index (κ2) is 6.82. The molecule has 3 nitrogen and oxygen atoms in total. The van der Waals surface area contributed by atoms with Crippen LogP contribution >= 0.6 is 22.9 Å². The topological polar surface area (TPSA) is 52.9 Å². The molecule has 1 amide bonds. The fourth-order valence-electron chi connectivity index (χ4n) is 3.34. The van der Waals surface area contributed by atoms with Crippen LogP contribution in [0, 0.1) is 22.7 Å². The van der Waals surface area contributed by atoms with Gasteiger partial charge < -0.3 is 5.32 Å². The van der Waals surface area contributed by atoms with E-state index in [4.69, 9.17) is 11.6 Å². The Hall–Kier alpha value is -1.83. The lowest BCUT2D eigenvalue weighted by atomic mass is 9.72. The maximum atomic E-state index is 12.5. The van der Waals surface area contributed by atoms with Gasteiger partial charge in [0.15, 0.2) is 0 Å². The zero-order valence-electron chi connectivity index (χ0n) is 14.6. The minimum Gasteiger partial charge on any atom is -0.312 e. The van der Waals surface area contributed by atoms with Gasteiger partial charge in [0.25, 0.3) is 5.91 Å². The monoisotopic (exact) mass is 372 g/mol. The molecular formula is C20H21ClN2OS. The molecule has 1 aliphatic rings. The van der Waals surface area contributed by atoms with E-state index in [-0.39, 0.29) is 11.3 Å². The molecule has 25 heavy (non-hydrogen) atoms. The number of hydrogen-bond donors (Lipinski definition) is 1. The average molecular weight is 373 g/mol. The van der Waals surface area contributed by atoms with Gasteiger partial charge in [0.1, 0.15) is 11.1 Å². The summed E-state index contributed by atoms with van der Waals surface area (Å²) in [6, 6.07) is 9.12. The maximum Gasteiger partial charge on any atom is 0.256 e. The summed E-state index contributed by atoms with van der Waals surface area (Å²) in [7, 11) is 0. The Kier molecular flexibility index (Phi) is 4.90. The Morgan fingerprint density at radius 1 is 1.40 bits per heavy atom. The van der Waals surface area contributed by atoms with Crippen molar-refractivity contribution in [3.63, 3.8) is 0 Å². The molecule has 130 valence electrons. The molecule has 0 saturated heterocycles. The molecular weight excluding hydrogens is 352 g/mol. The van der Waals surface area contributed by atoms with E-state index in [9.17, 15) is 10.1 Å². The summed E-state index contributed by atoms with van der Waals surface area (Å²) in [5.41, 5.74) is 2.49. The smallest absolute Gasteiger partial charge is 0.256 e. The van der Waals surface area contributed by atoms with Gasteiger partial charge in [-0.1, -0.05) is 38.4 Å². The summed E-state index contributed by atoms with van der Waals surface area (Å²) in [5.74, 6) is 0.367. The van der Waals surface area contributed by atoms with Crippen LogP contribution in [0.1, 0.15) is 53.6 Å². The van der Waals surface area contributed by atoms with Crippen molar-refractivity contribution in [2.75, 3.05) is 5.32 Å². The molecule has 1 aliphatic carbocycles. The number of nitrogens with one attached hydrogen (secondary N) is 1. The number of anilines is 1. The van der Waals surface area contributed by atoms with Crippen LogP contribution in [0.3, 0.4) is 0 Å². The molecule has 0 fully saturated rings. The molecule has 1 N–H and O–H groups in total. The predicted molar refractivity (Wildman–Crippen MR) is 103 cm³/mol. The average Bonchev–Trinajstić information content (AvgIpc) is 2.90. The largest absolute Gasteiger partial charge is 0.312 e. The van der Waals surface area contributed by atoms with E-state index < -0.39 is 0 Å². The molecule has 1 heterocycles. The molecule has 0 bridgehead atoms. The summed E-state index contributed by atoms with van der Waals surface area (Å²) >= 11 is 7.51. The highest BCUT2D eigenvalue weighted by atomic mass is 35.5. The van der Waals surface area contributed by atoms with Crippen LogP contribution in [-0.2, 0) is 12.8 Å². The lowest BCUT2D eigenvalue weighted by Crippen LogP contribution is -2.26.